The third-order valence-electron chi connectivity index (χ3n) is 5.72. The number of rotatable bonds is 10. The number of unbranched alkanes of at least 4 members (excludes halogenated alkanes) is 4. The Labute approximate surface area is 214 Å². The van der Waals surface area contributed by atoms with Crippen LogP contribution < -0.4 is 10.2 Å². The van der Waals surface area contributed by atoms with Crippen LogP contribution in [0.1, 0.15) is 95.5 Å². The SMILES string of the molecule is CCCCCCCNc1cc(N(C(=O)OC(C)(C)C)C(=O)c2ccccc2)n2ncc(C(C)C)c2n1. The molecule has 8 nitrogen and oxygen atoms in total. The van der Waals surface area contributed by atoms with Crippen LogP contribution in [-0.4, -0.2) is 38.7 Å². The molecule has 2 heterocycles. The number of carbonyl (C=O) groups excluding carboxylic acids is 2. The summed E-state index contributed by atoms with van der Waals surface area (Å²) in [5, 5.41) is 7.90. The number of imide groups is 1. The van der Waals surface area contributed by atoms with E-state index in [9.17, 15) is 9.59 Å². The molecule has 0 fully saturated rings. The van der Waals surface area contributed by atoms with E-state index in [1.54, 1.807) is 61.8 Å². The fourth-order valence-electron chi connectivity index (χ4n) is 3.86. The molecule has 0 atom stereocenters. The molecule has 36 heavy (non-hydrogen) atoms. The van der Waals surface area contributed by atoms with Crippen molar-refractivity contribution in [3.8, 4) is 0 Å². The highest BCUT2D eigenvalue weighted by Gasteiger charge is 2.32. The first kappa shape index (κ1) is 27.2. The van der Waals surface area contributed by atoms with Gasteiger partial charge in [0.1, 0.15) is 11.4 Å². The van der Waals surface area contributed by atoms with Gasteiger partial charge in [-0.25, -0.2) is 9.78 Å². The lowest BCUT2D eigenvalue weighted by molar-refractivity contribution is 0.0562. The molecule has 0 saturated carbocycles. The van der Waals surface area contributed by atoms with Gasteiger partial charge in [0.05, 0.1) is 6.20 Å². The highest BCUT2D eigenvalue weighted by Crippen LogP contribution is 2.28. The zero-order chi connectivity index (χ0) is 26.3. The number of amides is 2. The van der Waals surface area contributed by atoms with Gasteiger partial charge in [0, 0.05) is 23.7 Å². The van der Waals surface area contributed by atoms with Crippen molar-refractivity contribution < 1.29 is 14.3 Å². The standard InChI is InChI=1S/C28H39N5O3/c1-7-8-9-10-14-17-29-23-18-24(33-25(31-23)22(19-30-33)20(2)3)32(27(35)36-28(4,5)6)26(34)21-15-12-11-13-16-21/h11-13,15-16,18-20H,7-10,14,17H2,1-6H3,(H,29,31). The van der Waals surface area contributed by atoms with Crippen molar-refractivity contribution in [3.05, 3.63) is 53.7 Å². The lowest BCUT2D eigenvalue weighted by atomic mass is 10.1. The van der Waals surface area contributed by atoms with Crippen LogP contribution in [0.2, 0.25) is 0 Å². The van der Waals surface area contributed by atoms with Crippen LogP contribution in [0.4, 0.5) is 16.4 Å². The van der Waals surface area contributed by atoms with Crippen molar-refractivity contribution in [3.63, 3.8) is 0 Å². The van der Waals surface area contributed by atoms with Crippen LogP contribution in [0.15, 0.2) is 42.6 Å². The van der Waals surface area contributed by atoms with E-state index in [1.807, 2.05) is 6.07 Å². The van der Waals surface area contributed by atoms with Gasteiger partial charge >= 0.3 is 6.09 Å². The van der Waals surface area contributed by atoms with E-state index in [-0.39, 0.29) is 11.7 Å². The van der Waals surface area contributed by atoms with Gasteiger partial charge in [-0.05, 0) is 45.2 Å². The molecule has 0 aliphatic rings. The number of fused-ring (bicyclic) bond motifs is 1. The van der Waals surface area contributed by atoms with Gasteiger partial charge in [-0.2, -0.15) is 14.5 Å². The van der Waals surface area contributed by atoms with Gasteiger partial charge in [0.15, 0.2) is 11.5 Å². The van der Waals surface area contributed by atoms with Gasteiger partial charge in [0.25, 0.3) is 5.91 Å². The molecule has 0 unspecified atom stereocenters. The Morgan fingerprint density at radius 1 is 1.08 bits per heavy atom. The Morgan fingerprint density at radius 2 is 1.78 bits per heavy atom. The molecule has 194 valence electrons. The number of benzene rings is 1. The molecule has 0 radical (unpaired) electrons. The number of anilines is 2. The second-order valence-electron chi connectivity index (χ2n) is 10.3. The first-order valence-electron chi connectivity index (χ1n) is 12.9. The number of ether oxygens (including phenoxy) is 1. The number of nitrogens with one attached hydrogen (secondary N) is 1. The van der Waals surface area contributed by atoms with E-state index in [1.165, 1.54) is 19.3 Å². The van der Waals surface area contributed by atoms with Crippen LogP contribution in [-0.2, 0) is 4.74 Å². The number of hydrogen-bond donors (Lipinski definition) is 1. The fraction of sp³-hybridized carbons (Fsp3) is 0.500. The molecule has 2 aromatic heterocycles. The fourth-order valence-corrected chi connectivity index (χ4v) is 3.86. The van der Waals surface area contributed by atoms with Gasteiger partial charge in [0.2, 0.25) is 0 Å². The summed E-state index contributed by atoms with van der Waals surface area (Å²) in [7, 11) is 0. The quantitative estimate of drug-likeness (QED) is 0.312. The number of carbonyl (C=O) groups is 2. The summed E-state index contributed by atoms with van der Waals surface area (Å²) >= 11 is 0. The Balaban J connectivity index is 2.07. The van der Waals surface area contributed by atoms with Crippen molar-refractivity contribution in [2.24, 2.45) is 0 Å². The van der Waals surface area contributed by atoms with E-state index in [0.717, 1.165) is 29.8 Å². The predicted octanol–water partition coefficient (Wildman–Crippen LogP) is 6.82. The Morgan fingerprint density at radius 3 is 2.42 bits per heavy atom. The number of hydrogen-bond acceptors (Lipinski definition) is 6. The molecule has 2 amide bonds. The molecular weight excluding hydrogens is 454 g/mol. The third kappa shape index (κ3) is 6.83. The number of nitrogens with zero attached hydrogens (tertiary/aromatic N) is 4. The summed E-state index contributed by atoms with van der Waals surface area (Å²) in [6, 6.07) is 10.4. The smallest absolute Gasteiger partial charge is 0.423 e. The minimum Gasteiger partial charge on any atom is -0.443 e. The third-order valence-corrected chi connectivity index (χ3v) is 5.72. The van der Waals surface area contributed by atoms with Crippen LogP contribution in [0.5, 0.6) is 0 Å². The summed E-state index contributed by atoms with van der Waals surface area (Å²) in [6.45, 7) is 12.4. The maximum absolute atomic E-state index is 13.7. The lowest BCUT2D eigenvalue weighted by Crippen LogP contribution is -2.42. The van der Waals surface area contributed by atoms with Crippen molar-refractivity contribution in [1.29, 1.82) is 0 Å². The van der Waals surface area contributed by atoms with E-state index in [4.69, 9.17) is 9.72 Å². The zero-order valence-corrected chi connectivity index (χ0v) is 22.4. The van der Waals surface area contributed by atoms with Crippen LogP contribution in [0.3, 0.4) is 0 Å². The van der Waals surface area contributed by atoms with E-state index >= 15 is 0 Å². The minimum atomic E-state index is -0.786. The first-order chi connectivity index (χ1) is 17.1. The highest BCUT2D eigenvalue weighted by molar-refractivity contribution is 6.19. The average Bonchev–Trinajstić information content (AvgIpc) is 3.25. The van der Waals surface area contributed by atoms with Crippen molar-refractivity contribution in [1.82, 2.24) is 14.6 Å². The van der Waals surface area contributed by atoms with E-state index in [0.29, 0.717) is 17.0 Å². The largest absolute Gasteiger partial charge is 0.443 e. The Hall–Kier alpha value is -3.42. The summed E-state index contributed by atoms with van der Waals surface area (Å²) in [4.78, 5) is 33.0. The molecular formula is C28H39N5O3. The first-order valence-corrected chi connectivity index (χ1v) is 12.9. The van der Waals surface area contributed by atoms with Crippen molar-refractivity contribution in [2.45, 2.75) is 85.2 Å². The van der Waals surface area contributed by atoms with Crippen molar-refractivity contribution >= 4 is 29.3 Å². The zero-order valence-electron chi connectivity index (χ0n) is 22.4. The summed E-state index contributed by atoms with van der Waals surface area (Å²) in [5.41, 5.74) is 1.12. The molecule has 3 aromatic rings. The molecule has 8 heteroatoms. The Kier molecular flexibility index (Phi) is 9.07. The maximum atomic E-state index is 13.7. The van der Waals surface area contributed by atoms with Crippen LogP contribution in [0.25, 0.3) is 5.65 Å². The monoisotopic (exact) mass is 493 g/mol. The predicted molar refractivity (Wildman–Crippen MR) is 144 cm³/mol. The van der Waals surface area contributed by atoms with Crippen LogP contribution in [0, 0.1) is 0 Å². The van der Waals surface area contributed by atoms with Crippen molar-refractivity contribution in [2.75, 3.05) is 16.8 Å². The lowest BCUT2D eigenvalue weighted by Gasteiger charge is -2.26. The van der Waals surface area contributed by atoms with Gasteiger partial charge in [-0.1, -0.05) is 64.7 Å². The Bertz CT molecular complexity index is 1170. The maximum Gasteiger partial charge on any atom is 0.423 e. The highest BCUT2D eigenvalue weighted by atomic mass is 16.6. The summed E-state index contributed by atoms with van der Waals surface area (Å²) < 4.78 is 7.21. The normalized spacial score (nSPS) is 11.6. The van der Waals surface area contributed by atoms with Crippen LogP contribution >= 0.6 is 0 Å². The molecule has 1 aromatic carbocycles. The minimum absolute atomic E-state index is 0.159. The summed E-state index contributed by atoms with van der Waals surface area (Å²) in [6.07, 6.45) is 6.75. The molecule has 3 rings (SSSR count). The summed E-state index contributed by atoms with van der Waals surface area (Å²) in [5.74, 6) is 0.532. The van der Waals surface area contributed by atoms with E-state index < -0.39 is 17.6 Å². The van der Waals surface area contributed by atoms with Gasteiger partial charge in [-0.15, -0.1) is 0 Å². The molecule has 0 saturated heterocycles. The molecule has 0 spiro atoms. The molecule has 1 N–H and O–H groups in total. The van der Waals surface area contributed by atoms with Gasteiger partial charge in [-0.3, -0.25) is 4.79 Å². The van der Waals surface area contributed by atoms with Gasteiger partial charge < -0.3 is 10.1 Å². The second kappa shape index (κ2) is 12.0. The number of aromatic nitrogens is 3. The molecule has 0 aliphatic heterocycles. The van der Waals surface area contributed by atoms with E-state index in [2.05, 4.69) is 31.2 Å². The second-order valence-corrected chi connectivity index (χ2v) is 10.3. The average molecular weight is 494 g/mol. The molecule has 0 bridgehead atoms. The topological polar surface area (TPSA) is 88.8 Å². The molecule has 0 aliphatic carbocycles.